The Morgan fingerprint density at radius 2 is 1.87 bits per heavy atom. The number of hydrogen-bond acceptors (Lipinski definition) is 6. The molecule has 4 rings (SSSR count). The van der Waals surface area contributed by atoms with Gasteiger partial charge in [0.15, 0.2) is 17.2 Å². The standard InChI is InChI=1S/C23H24N4O3/c1-26(2)11-6-12-29-19-14-24-22(25-15-19)18-8-5-7-17(13-18)16-27-20-9-3-4-10-21(20)30-23(27)28/h3-5,7-10,13-15H,6,11-12,16H2,1-2H3. The van der Waals surface area contributed by atoms with E-state index in [1.54, 1.807) is 23.0 Å². The molecule has 0 unspecified atom stereocenters. The highest BCUT2D eigenvalue weighted by Crippen LogP contribution is 2.20. The van der Waals surface area contributed by atoms with Gasteiger partial charge in [0.1, 0.15) is 0 Å². The quantitative estimate of drug-likeness (QED) is 0.419. The van der Waals surface area contributed by atoms with Gasteiger partial charge in [-0.3, -0.25) is 4.57 Å². The van der Waals surface area contributed by atoms with Crippen molar-refractivity contribution >= 4 is 11.1 Å². The third kappa shape index (κ3) is 4.58. The molecule has 154 valence electrons. The summed E-state index contributed by atoms with van der Waals surface area (Å²) >= 11 is 0. The van der Waals surface area contributed by atoms with E-state index in [4.69, 9.17) is 9.15 Å². The molecular formula is C23H24N4O3. The lowest BCUT2D eigenvalue weighted by molar-refractivity contribution is 0.280. The Kier molecular flexibility index (Phi) is 5.90. The molecule has 0 amide bonds. The molecule has 4 aromatic rings. The summed E-state index contributed by atoms with van der Waals surface area (Å²) in [6.45, 7) is 2.02. The van der Waals surface area contributed by atoms with Crippen molar-refractivity contribution < 1.29 is 9.15 Å². The van der Waals surface area contributed by atoms with Crippen molar-refractivity contribution in [3.8, 4) is 17.1 Å². The monoisotopic (exact) mass is 404 g/mol. The normalized spacial score (nSPS) is 11.3. The molecule has 0 N–H and O–H groups in total. The number of fused-ring (bicyclic) bond motifs is 1. The van der Waals surface area contributed by atoms with E-state index in [2.05, 4.69) is 14.9 Å². The van der Waals surface area contributed by atoms with Crippen LogP contribution in [-0.4, -0.2) is 46.7 Å². The molecular weight excluding hydrogens is 380 g/mol. The first-order valence-electron chi connectivity index (χ1n) is 9.87. The van der Waals surface area contributed by atoms with Crippen molar-refractivity contribution in [2.45, 2.75) is 13.0 Å². The Bertz CT molecular complexity index is 1180. The topological polar surface area (TPSA) is 73.4 Å². The summed E-state index contributed by atoms with van der Waals surface area (Å²) in [5.41, 5.74) is 3.21. The molecule has 30 heavy (non-hydrogen) atoms. The van der Waals surface area contributed by atoms with Crippen LogP contribution in [0.2, 0.25) is 0 Å². The minimum atomic E-state index is -0.367. The summed E-state index contributed by atoms with van der Waals surface area (Å²) in [5, 5.41) is 0. The molecule has 2 heterocycles. The maximum absolute atomic E-state index is 12.2. The number of aromatic nitrogens is 3. The Balaban J connectivity index is 1.48. The fraction of sp³-hybridized carbons (Fsp3) is 0.261. The number of para-hydroxylation sites is 2. The zero-order valence-electron chi connectivity index (χ0n) is 17.1. The molecule has 0 aliphatic carbocycles. The number of hydrogen-bond donors (Lipinski definition) is 0. The second kappa shape index (κ2) is 8.92. The first-order valence-corrected chi connectivity index (χ1v) is 9.87. The van der Waals surface area contributed by atoms with Crippen molar-refractivity contribution in [2.24, 2.45) is 0 Å². The average molecular weight is 404 g/mol. The van der Waals surface area contributed by atoms with Crippen molar-refractivity contribution in [1.82, 2.24) is 19.4 Å². The predicted octanol–water partition coefficient (Wildman–Crippen LogP) is 3.43. The highest BCUT2D eigenvalue weighted by atomic mass is 16.5. The molecule has 2 aromatic carbocycles. The smallest absolute Gasteiger partial charge is 0.420 e. The summed E-state index contributed by atoms with van der Waals surface area (Å²) in [6, 6.07) is 15.3. The first kappa shape index (κ1) is 19.8. The maximum Gasteiger partial charge on any atom is 0.420 e. The predicted molar refractivity (Wildman–Crippen MR) is 116 cm³/mol. The van der Waals surface area contributed by atoms with Gasteiger partial charge in [-0.2, -0.15) is 0 Å². The zero-order chi connectivity index (χ0) is 20.9. The lowest BCUT2D eigenvalue weighted by Gasteiger charge is -2.10. The molecule has 0 aliphatic rings. The molecule has 0 bridgehead atoms. The molecule has 0 saturated carbocycles. The molecule has 0 fully saturated rings. The van der Waals surface area contributed by atoms with Crippen LogP contribution >= 0.6 is 0 Å². The van der Waals surface area contributed by atoms with E-state index in [1.165, 1.54) is 0 Å². The molecule has 7 heteroatoms. The summed E-state index contributed by atoms with van der Waals surface area (Å²) in [4.78, 5) is 23.2. The summed E-state index contributed by atoms with van der Waals surface area (Å²) in [6.07, 6.45) is 4.33. The molecule has 0 aliphatic heterocycles. The summed E-state index contributed by atoms with van der Waals surface area (Å²) in [7, 11) is 4.08. The molecule has 0 spiro atoms. The van der Waals surface area contributed by atoms with Crippen LogP contribution < -0.4 is 10.5 Å². The third-order valence-corrected chi connectivity index (χ3v) is 4.75. The number of ether oxygens (including phenoxy) is 1. The van der Waals surface area contributed by atoms with Gasteiger partial charge >= 0.3 is 5.76 Å². The number of rotatable bonds is 8. The lowest BCUT2D eigenvalue weighted by Crippen LogP contribution is -2.15. The van der Waals surface area contributed by atoms with Crippen molar-refractivity contribution in [3.63, 3.8) is 0 Å². The first-order chi connectivity index (χ1) is 14.6. The van der Waals surface area contributed by atoms with Crippen LogP contribution in [0.15, 0.2) is 70.1 Å². The molecule has 0 saturated heterocycles. The Morgan fingerprint density at radius 1 is 1.07 bits per heavy atom. The van der Waals surface area contributed by atoms with Crippen LogP contribution in [0.25, 0.3) is 22.5 Å². The molecule has 7 nitrogen and oxygen atoms in total. The zero-order valence-corrected chi connectivity index (χ0v) is 17.1. The van der Waals surface area contributed by atoms with E-state index < -0.39 is 0 Å². The van der Waals surface area contributed by atoms with E-state index in [9.17, 15) is 4.79 Å². The van der Waals surface area contributed by atoms with Gasteiger partial charge < -0.3 is 14.1 Å². The van der Waals surface area contributed by atoms with Crippen molar-refractivity contribution in [3.05, 3.63) is 77.0 Å². The molecule has 0 atom stereocenters. The van der Waals surface area contributed by atoms with E-state index in [1.807, 2.05) is 56.6 Å². The highest BCUT2D eigenvalue weighted by molar-refractivity contribution is 5.72. The molecule has 2 aromatic heterocycles. The van der Waals surface area contributed by atoms with Crippen molar-refractivity contribution in [1.29, 1.82) is 0 Å². The maximum atomic E-state index is 12.2. The van der Waals surface area contributed by atoms with Crippen molar-refractivity contribution in [2.75, 3.05) is 27.2 Å². The van der Waals surface area contributed by atoms with Gasteiger partial charge in [0.2, 0.25) is 0 Å². The Labute approximate surface area is 174 Å². The third-order valence-electron chi connectivity index (χ3n) is 4.75. The largest absolute Gasteiger partial charge is 0.490 e. The van der Waals surface area contributed by atoms with Gasteiger partial charge in [0, 0.05) is 12.1 Å². The van der Waals surface area contributed by atoms with E-state index in [0.29, 0.717) is 30.3 Å². The fourth-order valence-electron chi connectivity index (χ4n) is 3.27. The van der Waals surface area contributed by atoms with E-state index in [-0.39, 0.29) is 5.76 Å². The van der Waals surface area contributed by atoms with Gasteiger partial charge in [-0.25, -0.2) is 14.8 Å². The van der Waals surface area contributed by atoms with Gasteiger partial charge in [0.05, 0.1) is 31.1 Å². The summed E-state index contributed by atoms with van der Waals surface area (Å²) < 4.78 is 12.6. The fourth-order valence-corrected chi connectivity index (χ4v) is 3.27. The Morgan fingerprint density at radius 3 is 2.67 bits per heavy atom. The van der Waals surface area contributed by atoms with E-state index >= 15 is 0 Å². The van der Waals surface area contributed by atoms with Crippen LogP contribution in [0.5, 0.6) is 5.75 Å². The van der Waals surface area contributed by atoms with Gasteiger partial charge in [-0.05, 0) is 44.3 Å². The van der Waals surface area contributed by atoms with Crippen LogP contribution in [-0.2, 0) is 6.54 Å². The molecule has 0 radical (unpaired) electrons. The second-order valence-electron chi connectivity index (χ2n) is 7.37. The number of benzene rings is 2. The average Bonchev–Trinajstić information content (AvgIpc) is 3.07. The van der Waals surface area contributed by atoms with E-state index in [0.717, 1.165) is 29.6 Å². The highest BCUT2D eigenvalue weighted by Gasteiger charge is 2.10. The van der Waals surface area contributed by atoms with Gasteiger partial charge in [-0.15, -0.1) is 0 Å². The summed E-state index contributed by atoms with van der Waals surface area (Å²) in [5.74, 6) is 0.903. The van der Waals surface area contributed by atoms with Crippen LogP contribution in [0.3, 0.4) is 0 Å². The SMILES string of the molecule is CN(C)CCCOc1cnc(-c2cccc(Cn3c(=O)oc4ccccc43)c2)nc1. The second-order valence-corrected chi connectivity index (χ2v) is 7.37. The number of nitrogens with zero attached hydrogens (tertiary/aromatic N) is 4. The Hall–Kier alpha value is -3.45. The van der Waals surface area contributed by atoms with Crippen LogP contribution in [0.1, 0.15) is 12.0 Å². The minimum absolute atomic E-state index is 0.367. The lowest BCUT2D eigenvalue weighted by atomic mass is 10.1. The number of oxazole rings is 1. The van der Waals surface area contributed by atoms with Crippen LogP contribution in [0.4, 0.5) is 0 Å². The van der Waals surface area contributed by atoms with Gasteiger partial charge in [0.25, 0.3) is 0 Å². The van der Waals surface area contributed by atoms with Crippen LogP contribution in [0, 0.1) is 0 Å². The van der Waals surface area contributed by atoms with Gasteiger partial charge in [-0.1, -0.05) is 30.3 Å². The minimum Gasteiger partial charge on any atom is -0.490 e.